The summed E-state index contributed by atoms with van der Waals surface area (Å²) in [6.45, 7) is 3.19. The van der Waals surface area contributed by atoms with Crippen LogP contribution in [0, 0.1) is 0 Å². The number of unbranched alkanes of at least 4 members (excludes halogenated alkanes) is 14. The van der Waals surface area contributed by atoms with Gasteiger partial charge in [-0.05, 0) is 38.8 Å². The molecule has 1 rings (SSSR count). The summed E-state index contributed by atoms with van der Waals surface area (Å²) in [5.74, 6) is -2.50. The Morgan fingerprint density at radius 3 is 2.00 bits per heavy atom. The number of hydrogen-bond donors (Lipinski definition) is 5. The minimum atomic E-state index is -1.28. The van der Waals surface area contributed by atoms with Crippen LogP contribution in [-0.2, 0) is 20.8 Å². The molecule has 0 aliphatic rings. The lowest BCUT2D eigenvalue weighted by molar-refractivity contribution is -0.158. The van der Waals surface area contributed by atoms with E-state index >= 15 is 0 Å². The number of aromatic nitrogens is 2. The van der Waals surface area contributed by atoms with Crippen molar-refractivity contribution in [2.75, 3.05) is 19.6 Å². The van der Waals surface area contributed by atoms with Gasteiger partial charge in [-0.25, -0.2) is 9.78 Å². The van der Waals surface area contributed by atoms with Crippen molar-refractivity contribution in [2.24, 2.45) is 11.5 Å². The molecule has 10 heteroatoms. The van der Waals surface area contributed by atoms with Crippen LogP contribution in [0.2, 0.25) is 0 Å². The second-order valence-corrected chi connectivity index (χ2v) is 10.9. The van der Waals surface area contributed by atoms with E-state index in [4.69, 9.17) is 11.5 Å². The molecule has 40 heavy (non-hydrogen) atoms. The first kappa shape index (κ1) is 35.7. The molecule has 0 fully saturated rings. The number of carboxylic acid groups (broad SMARTS) is 1. The maximum absolute atomic E-state index is 13.2. The predicted molar refractivity (Wildman–Crippen MR) is 160 cm³/mol. The molecular weight excluding hydrogens is 508 g/mol. The first-order chi connectivity index (χ1) is 19.4. The molecule has 230 valence electrons. The van der Waals surface area contributed by atoms with Gasteiger partial charge in [0.25, 0.3) is 0 Å². The smallest absolute Gasteiger partial charge is 0.326 e. The Bertz CT molecular complexity index is 789. The molecule has 2 atom stereocenters. The number of imide groups is 1. The number of aliphatic carboxylic acids is 1. The molecule has 0 aliphatic heterocycles. The number of nitrogens with zero attached hydrogens (tertiary/aromatic N) is 2. The van der Waals surface area contributed by atoms with Crippen LogP contribution in [0.5, 0.6) is 0 Å². The Labute approximate surface area is 241 Å². The number of carboxylic acids is 1. The third-order valence-corrected chi connectivity index (χ3v) is 7.32. The minimum Gasteiger partial charge on any atom is -0.480 e. The van der Waals surface area contributed by atoms with Crippen molar-refractivity contribution in [1.82, 2.24) is 20.2 Å². The second kappa shape index (κ2) is 23.4. The Hall–Kier alpha value is -2.30. The molecule has 7 N–H and O–H groups in total. The van der Waals surface area contributed by atoms with Crippen LogP contribution in [0.4, 0.5) is 0 Å². The van der Waals surface area contributed by atoms with Gasteiger partial charge in [-0.2, -0.15) is 0 Å². The number of imidazole rings is 1. The van der Waals surface area contributed by atoms with Gasteiger partial charge in [0.1, 0.15) is 6.04 Å². The van der Waals surface area contributed by atoms with Crippen LogP contribution in [0.3, 0.4) is 0 Å². The molecule has 1 aromatic rings. The van der Waals surface area contributed by atoms with Gasteiger partial charge in [-0.15, -0.1) is 0 Å². The van der Waals surface area contributed by atoms with E-state index in [1.54, 1.807) is 6.20 Å². The quantitative estimate of drug-likeness (QED) is 0.104. The summed E-state index contributed by atoms with van der Waals surface area (Å²) in [4.78, 5) is 46.0. The van der Waals surface area contributed by atoms with Crippen LogP contribution < -0.4 is 16.8 Å². The van der Waals surface area contributed by atoms with Crippen molar-refractivity contribution in [3.05, 3.63) is 18.2 Å². The fraction of sp³-hybridized carbons (Fsp3) is 0.800. The van der Waals surface area contributed by atoms with Crippen LogP contribution in [0.15, 0.2) is 12.5 Å². The minimum absolute atomic E-state index is 0.105. The second-order valence-electron chi connectivity index (χ2n) is 10.9. The van der Waals surface area contributed by atoms with Crippen molar-refractivity contribution in [2.45, 2.75) is 135 Å². The highest BCUT2D eigenvalue weighted by Crippen LogP contribution is 2.14. The van der Waals surface area contributed by atoms with E-state index in [9.17, 15) is 19.5 Å². The van der Waals surface area contributed by atoms with Gasteiger partial charge in [0.15, 0.2) is 0 Å². The molecule has 0 saturated heterocycles. The number of hydrogen-bond acceptors (Lipinski definition) is 7. The summed E-state index contributed by atoms with van der Waals surface area (Å²) in [5.41, 5.74) is 12.2. The van der Waals surface area contributed by atoms with Crippen LogP contribution in [-0.4, -0.2) is 69.5 Å². The average molecular weight is 565 g/mol. The van der Waals surface area contributed by atoms with Crippen LogP contribution >= 0.6 is 0 Å². The van der Waals surface area contributed by atoms with Gasteiger partial charge in [0.2, 0.25) is 11.8 Å². The zero-order valence-corrected chi connectivity index (χ0v) is 24.9. The molecule has 0 spiro atoms. The molecule has 0 radical (unpaired) electrons. The van der Waals surface area contributed by atoms with E-state index in [-0.39, 0.29) is 19.4 Å². The van der Waals surface area contributed by atoms with E-state index in [2.05, 4.69) is 22.2 Å². The lowest BCUT2D eigenvalue weighted by Gasteiger charge is -2.29. The summed E-state index contributed by atoms with van der Waals surface area (Å²) in [7, 11) is 0. The zero-order chi connectivity index (χ0) is 29.4. The Morgan fingerprint density at radius 2 is 1.50 bits per heavy atom. The normalized spacial score (nSPS) is 12.8. The molecule has 0 aromatic carbocycles. The van der Waals surface area contributed by atoms with Gasteiger partial charge in [0.05, 0.1) is 24.6 Å². The lowest BCUT2D eigenvalue weighted by atomic mass is 10.0. The zero-order valence-electron chi connectivity index (χ0n) is 24.9. The summed E-state index contributed by atoms with van der Waals surface area (Å²) < 4.78 is 0. The highest BCUT2D eigenvalue weighted by Gasteiger charge is 2.36. The van der Waals surface area contributed by atoms with Gasteiger partial charge >= 0.3 is 5.97 Å². The standard InChI is InChI=1S/C30H56N6O4/c1-2-3-4-5-6-7-8-9-10-11-12-13-14-17-20-33-23-28(37)36(27(30(39)40)18-15-16-19-31)29(38)26(32)21-25-22-34-24-35-25/h22,24,26-27,33H,2-21,23,31-32H2,1H3,(H,34,35)(H,39,40). The molecule has 0 bridgehead atoms. The fourth-order valence-electron chi connectivity index (χ4n) is 4.91. The molecule has 0 saturated carbocycles. The third-order valence-electron chi connectivity index (χ3n) is 7.32. The van der Waals surface area contributed by atoms with Crippen molar-refractivity contribution in [1.29, 1.82) is 0 Å². The molecule has 2 amide bonds. The Morgan fingerprint density at radius 1 is 0.925 bits per heavy atom. The summed E-state index contributed by atoms with van der Waals surface area (Å²) in [6.07, 6.45) is 22.3. The van der Waals surface area contributed by atoms with Gasteiger partial charge in [0, 0.05) is 12.6 Å². The van der Waals surface area contributed by atoms with Crippen molar-refractivity contribution in [3.63, 3.8) is 0 Å². The lowest BCUT2D eigenvalue weighted by Crippen LogP contribution is -2.56. The number of aromatic amines is 1. The van der Waals surface area contributed by atoms with Crippen LogP contribution in [0.25, 0.3) is 0 Å². The first-order valence-electron chi connectivity index (χ1n) is 15.6. The third kappa shape index (κ3) is 16.1. The fourth-order valence-corrected chi connectivity index (χ4v) is 4.91. The topological polar surface area (TPSA) is 167 Å². The van der Waals surface area contributed by atoms with Gasteiger partial charge in [-0.1, -0.05) is 90.4 Å². The largest absolute Gasteiger partial charge is 0.480 e. The molecule has 0 aliphatic carbocycles. The highest BCUT2D eigenvalue weighted by atomic mass is 16.4. The Kier molecular flexibility index (Phi) is 20.9. The molecule has 1 aromatic heterocycles. The van der Waals surface area contributed by atoms with Gasteiger partial charge < -0.3 is 26.9 Å². The predicted octanol–water partition coefficient (Wildman–Crippen LogP) is 4.29. The van der Waals surface area contributed by atoms with Gasteiger partial charge in [-0.3, -0.25) is 14.5 Å². The maximum Gasteiger partial charge on any atom is 0.326 e. The van der Waals surface area contributed by atoms with E-state index < -0.39 is 29.9 Å². The number of nitrogens with one attached hydrogen (secondary N) is 2. The van der Waals surface area contributed by atoms with E-state index in [1.807, 2.05) is 0 Å². The van der Waals surface area contributed by atoms with Crippen molar-refractivity contribution in [3.8, 4) is 0 Å². The first-order valence-corrected chi connectivity index (χ1v) is 15.6. The summed E-state index contributed by atoms with van der Waals surface area (Å²) in [6, 6.07) is -2.35. The molecular formula is C30H56N6O4. The molecule has 10 nitrogen and oxygen atoms in total. The number of carbonyl (C=O) groups excluding carboxylic acids is 2. The van der Waals surface area contributed by atoms with Crippen molar-refractivity contribution < 1.29 is 19.5 Å². The number of carbonyl (C=O) groups is 3. The van der Waals surface area contributed by atoms with E-state index in [1.165, 1.54) is 83.4 Å². The summed E-state index contributed by atoms with van der Waals surface area (Å²) >= 11 is 0. The highest BCUT2D eigenvalue weighted by molar-refractivity contribution is 6.02. The van der Waals surface area contributed by atoms with E-state index in [0.717, 1.165) is 17.7 Å². The number of amides is 2. The van der Waals surface area contributed by atoms with Crippen LogP contribution in [0.1, 0.15) is 122 Å². The monoisotopic (exact) mass is 564 g/mol. The number of H-pyrrole nitrogens is 1. The molecule has 1 heterocycles. The summed E-state index contributed by atoms with van der Waals surface area (Å²) in [5, 5.41) is 12.9. The Balaban J connectivity index is 2.37. The van der Waals surface area contributed by atoms with E-state index in [0.29, 0.717) is 31.6 Å². The SMILES string of the molecule is CCCCCCCCCCCCCCCCNCC(=O)N(C(=O)C(N)Cc1c[nH]cn1)C(CCCCN)C(=O)O. The maximum atomic E-state index is 13.2. The number of rotatable bonds is 26. The number of nitrogens with two attached hydrogens (primary N) is 2. The van der Waals surface area contributed by atoms with Crippen molar-refractivity contribution >= 4 is 17.8 Å². The average Bonchev–Trinajstić information content (AvgIpc) is 3.45. The molecule has 2 unspecified atom stereocenters.